The molecule has 0 amide bonds. The van der Waals surface area contributed by atoms with E-state index in [1.165, 1.54) is 5.56 Å². The van der Waals surface area contributed by atoms with Gasteiger partial charge in [-0.05, 0) is 53.4 Å². The van der Waals surface area contributed by atoms with Crippen molar-refractivity contribution in [1.29, 1.82) is 0 Å². The van der Waals surface area contributed by atoms with E-state index in [9.17, 15) is 0 Å². The smallest absolute Gasteiger partial charge is 0.138 e. The molecule has 0 aliphatic carbocycles. The Labute approximate surface area is 153 Å². The lowest BCUT2D eigenvalue weighted by Crippen LogP contribution is -1.96. The number of hydrogen-bond acceptors (Lipinski definition) is 2. The first-order chi connectivity index (χ1) is 12.2. The Morgan fingerprint density at radius 3 is 2.36 bits per heavy atom. The van der Waals surface area contributed by atoms with Crippen molar-refractivity contribution in [3.63, 3.8) is 0 Å². The van der Waals surface area contributed by atoms with Gasteiger partial charge < -0.3 is 4.74 Å². The Bertz CT molecular complexity index is 842. The van der Waals surface area contributed by atoms with Crippen LogP contribution in [0, 0.1) is 0 Å². The predicted octanol–water partition coefficient (Wildman–Crippen LogP) is 6.23. The van der Waals surface area contributed by atoms with Crippen molar-refractivity contribution in [2.24, 2.45) is 4.99 Å². The summed E-state index contributed by atoms with van der Waals surface area (Å²) in [6.45, 7) is 2.64. The maximum atomic E-state index is 6.33. The Morgan fingerprint density at radius 2 is 1.68 bits per heavy atom. The molecule has 0 aromatic heterocycles. The van der Waals surface area contributed by atoms with Crippen LogP contribution in [0.25, 0.3) is 0 Å². The summed E-state index contributed by atoms with van der Waals surface area (Å²) in [7, 11) is 0. The van der Waals surface area contributed by atoms with Crippen molar-refractivity contribution in [1.82, 2.24) is 0 Å². The van der Waals surface area contributed by atoms with Crippen LogP contribution in [0.3, 0.4) is 0 Å². The third kappa shape index (κ3) is 4.94. The molecule has 0 fully saturated rings. The number of aliphatic imine (C=N–C) groups is 1. The number of nitrogens with zero attached hydrogens (tertiary/aromatic N) is 1. The fourth-order valence-electron chi connectivity index (χ4n) is 2.42. The summed E-state index contributed by atoms with van der Waals surface area (Å²) in [4.78, 5) is 4.49. The summed E-state index contributed by atoms with van der Waals surface area (Å²) in [6, 6.07) is 24.0. The van der Waals surface area contributed by atoms with Gasteiger partial charge in [-0.15, -0.1) is 0 Å². The average Bonchev–Trinajstić information content (AvgIpc) is 2.67. The van der Waals surface area contributed by atoms with E-state index in [-0.39, 0.29) is 0 Å². The molecule has 25 heavy (non-hydrogen) atoms. The highest BCUT2D eigenvalue weighted by molar-refractivity contribution is 6.32. The first-order valence-corrected chi connectivity index (χ1v) is 8.71. The second kappa shape index (κ2) is 8.50. The van der Waals surface area contributed by atoms with Crippen molar-refractivity contribution in [2.75, 3.05) is 0 Å². The molecule has 0 bridgehead atoms. The van der Waals surface area contributed by atoms with E-state index in [0.29, 0.717) is 17.4 Å². The normalized spacial score (nSPS) is 11.0. The van der Waals surface area contributed by atoms with Gasteiger partial charge >= 0.3 is 0 Å². The molecule has 3 aromatic rings. The predicted molar refractivity (Wildman–Crippen MR) is 105 cm³/mol. The molecule has 3 rings (SSSR count). The van der Waals surface area contributed by atoms with Crippen molar-refractivity contribution in [3.05, 3.63) is 94.5 Å². The van der Waals surface area contributed by atoms with Crippen LogP contribution in [-0.4, -0.2) is 6.21 Å². The van der Waals surface area contributed by atoms with E-state index >= 15 is 0 Å². The number of hydrogen-bond donors (Lipinski definition) is 0. The van der Waals surface area contributed by atoms with Gasteiger partial charge in [-0.25, -0.2) is 0 Å². The second-order valence-electron chi connectivity index (χ2n) is 5.74. The molecule has 0 N–H and O–H groups in total. The van der Waals surface area contributed by atoms with Gasteiger partial charge in [0.15, 0.2) is 0 Å². The minimum Gasteiger partial charge on any atom is -0.487 e. The van der Waals surface area contributed by atoms with Gasteiger partial charge in [-0.3, -0.25) is 4.99 Å². The Kier molecular flexibility index (Phi) is 5.86. The van der Waals surface area contributed by atoms with Crippen LogP contribution in [-0.2, 0) is 13.0 Å². The van der Waals surface area contributed by atoms with Crippen LogP contribution in [0.1, 0.15) is 23.6 Å². The van der Waals surface area contributed by atoms with E-state index in [1.54, 1.807) is 0 Å². The maximum absolute atomic E-state index is 6.33. The molecule has 0 unspecified atom stereocenters. The second-order valence-corrected chi connectivity index (χ2v) is 6.15. The molecule has 0 saturated heterocycles. The number of halogens is 1. The summed E-state index contributed by atoms with van der Waals surface area (Å²) in [5.74, 6) is 0.676. The highest BCUT2D eigenvalue weighted by Crippen LogP contribution is 2.26. The first kappa shape index (κ1) is 17.2. The number of aryl methyl sites for hydroxylation is 1. The van der Waals surface area contributed by atoms with Gasteiger partial charge in [0.1, 0.15) is 12.4 Å². The van der Waals surface area contributed by atoms with Crippen molar-refractivity contribution in [2.45, 2.75) is 20.0 Å². The van der Waals surface area contributed by atoms with E-state index in [2.05, 4.69) is 24.0 Å². The lowest BCUT2D eigenvalue weighted by molar-refractivity contribution is 0.306. The number of benzene rings is 3. The van der Waals surface area contributed by atoms with Gasteiger partial charge in [-0.1, -0.05) is 61.0 Å². The van der Waals surface area contributed by atoms with Crippen LogP contribution in [0.2, 0.25) is 5.02 Å². The van der Waals surface area contributed by atoms with Crippen LogP contribution < -0.4 is 4.74 Å². The lowest BCUT2D eigenvalue weighted by atomic mass is 10.1. The molecule has 0 heterocycles. The van der Waals surface area contributed by atoms with Crippen molar-refractivity contribution >= 4 is 23.5 Å². The highest BCUT2D eigenvalue weighted by Gasteiger charge is 2.03. The van der Waals surface area contributed by atoms with E-state index in [1.807, 2.05) is 66.9 Å². The first-order valence-electron chi connectivity index (χ1n) is 8.34. The van der Waals surface area contributed by atoms with E-state index in [0.717, 1.165) is 23.2 Å². The van der Waals surface area contributed by atoms with E-state index < -0.39 is 0 Å². The van der Waals surface area contributed by atoms with Crippen molar-refractivity contribution < 1.29 is 4.74 Å². The van der Waals surface area contributed by atoms with Crippen molar-refractivity contribution in [3.8, 4) is 5.75 Å². The summed E-state index contributed by atoms with van der Waals surface area (Å²) in [5, 5.41) is 0.584. The molecule has 0 saturated carbocycles. The number of ether oxygens (including phenoxy) is 1. The molecular weight excluding hydrogens is 330 g/mol. The largest absolute Gasteiger partial charge is 0.487 e. The van der Waals surface area contributed by atoms with E-state index in [4.69, 9.17) is 16.3 Å². The standard InChI is InChI=1S/C22H20ClNO/c1-2-17-8-11-20(12-9-17)24-15-19-10-13-22(21(23)14-19)25-16-18-6-4-3-5-7-18/h3-15H,2,16H2,1H3. The molecular formula is C22H20ClNO. The highest BCUT2D eigenvalue weighted by atomic mass is 35.5. The molecule has 0 aliphatic heterocycles. The Balaban J connectivity index is 1.65. The molecule has 3 heteroatoms. The Morgan fingerprint density at radius 1 is 0.920 bits per heavy atom. The summed E-state index contributed by atoms with van der Waals surface area (Å²) in [6.07, 6.45) is 2.85. The van der Waals surface area contributed by atoms with Crippen LogP contribution in [0.5, 0.6) is 5.75 Å². The monoisotopic (exact) mass is 349 g/mol. The zero-order chi connectivity index (χ0) is 17.5. The van der Waals surface area contributed by atoms with Gasteiger partial charge in [-0.2, -0.15) is 0 Å². The SMILES string of the molecule is CCc1ccc(N=Cc2ccc(OCc3ccccc3)c(Cl)c2)cc1. The molecule has 0 spiro atoms. The summed E-state index contributed by atoms with van der Waals surface area (Å²) in [5.41, 5.74) is 4.29. The minimum absolute atomic E-state index is 0.498. The maximum Gasteiger partial charge on any atom is 0.138 e. The van der Waals surface area contributed by atoms with Gasteiger partial charge in [0.25, 0.3) is 0 Å². The fourth-order valence-corrected chi connectivity index (χ4v) is 2.66. The third-order valence-corrected chi connectivity index (χ3v) is 4.20. The zero-order valence-electron chi connectivity index (χ0n) is 14.2. The van der Waals surface area contributed by atoms with Gasteiger partial charge in [0.05, 0.1) is 10.7 Å². The molecule has 0 aliphatic rings. The summed E-state index contributed by atoms with van der Waals surface area (Å²) >= 11 is 6.33. The topological polar surface area (TPSA) is 21.6 Å². The number of rotatable bonds is 6. The van der Waals surface area contributed by atoms with Gasteiger partial charge in [0, 0.05) is 6.21 Å². The van der Waals surface area contributed by atoms with Crippen LogP contribution in [0.15, 0.2) is 77.8 Å². The zero-order valence-corrected chi connectivity index (χ0v) is 14.9. The van der Waals surface area contributed by atoms with Crippen LogP contribution >= 0.6 is 11.6 Å². The minimum atomic E-state index is 0.498. The lowest BCUT2D eigenvalue weighted by Gasteiger charge is -2.08. The molecule has 126 valence electrons. The van der Waals surface area contributed by atoms with Crippen LogP contribution in [0.4, 0.5) is 5.69 Å². The Hall–Kier alpha value is -2.58. The molecule has 0 atom stereocenters. The summed E-state index contributed by atoms with van der Waals surface area (Å²) < 4.78 is 5.79. The average molecular weight is 350 g/mol. The third-order valence-electron chi connectivity index (χ3n) is 3.90. The molecule has 0 radical (unpaired) electrons. The van der Waals surface area contributed by atoms with Gasteiger partial charge in [0.2, 0.25) is 0 Å². The molecule has 2 nitrogen and oxygen atoms in total. The quantitative estimate of drug-likeness (QED) is 0.483. The molecule has 3 aromatic carbocycles. The fraction of sp³-hybridized carbons (Fsp3) is 0.136.